The van der Waals surface area contributed by atoms with Crippen molar-refractivity contribution in [1.29, 1.82) is 0 Å². The van der Waals surface area contributed by atoms with Gasteiger partial charge in [0.2, 0.25) is 0 Å². The highest BCUT2D eigenvalue weighted by Crippen LogP contribution is 2.30. The molecular formula is C18H20F2O. The molecule has 1 nitrogen and oxygen atoms in total. The SMILES string of the molecule is Cc1ccc(F)c(C(O)c2ccc(C(C)(C)C)cc2)c1F. The first kappa shape index (κ1) is 15.6. The number of rotatable bonds is 2. The number of aryl methyl sites for hydroxylation is 1. The summed E-state index contributed by atoms with van der Waals surface area (Å²) in [6, 6.07) is 9.73. The van der Waals surface area contributed by atoms with Gasteiger partial charge in [-0.05, 0) is 35.1 Å². The van der Waals surface area contributed by atoms with Crippen LogP contribution in [-0.4, -0.2) is 5.11 Å². The average molecular weight is 290 g/mol. The van der Waals surface area contributed by atoms with E-state index in [1.54, 1.807) is 19.1 Å². The predicted octanol–water partition coefficient (Wildman–Crippen LogP) is 4.65. The molecule has 0 aliphatic carbocycles. The summed E-state index contributed by atoms with van der Waals surface area (Å²) in [5, 5.41) is 10.3. The van der Waals surface area contributed by atoms with Crippen LogP contribution in [0.5, 0.6) is 0 Å². The first-order chi connectivity index (χ1) is 9.71. The second kappa shape index (κ2) is 5.57. The molecule has 21 heavy (non-hydrogen) atoms. The van der Waals surface area contributed by atoms with Gasteiger partial charge in [0.25, 0.3) is 0 Å². The Bertz CT molecular complexity index is 640. The van der Waals surface area contributed by atoms with E-state index in [4.69, 9.17) is 0 Å². The van der Waals surface area contributed by atoms with Gasteiger partial charge in [0.15, 0.2) is 0 Å². The molecule has 0 heterocycles. The molecule has 0 fully saturated rings. The Hall–Kier alpha value is -1.74. The quantitative estimate of drug-likeness (QED) is 0.853. The lowest BCUT2D eigenvalue weighted by molar-refractivity contribution is 0.208. The molecule has 1 N–H and O–H groups in total. The van der Waals surface area contributed by atoms with Crippen molar-refractivity contribution in [3.8, 4) is 0 Å². The number of hydrogen-bond acceptors (Lipinski definition) is 1. The van der Waals surface area contributed by atoms with Crippen molar-refractivity contribution >= 4 is 0 Å². The molecule has 3 heteroatoms. The molecule has 1 unspecified atom stereocenters. The zero-order chi connectivity index (χ0) is 15.8. The molecule has 0 radical (unpaired) electrons. The van der Waals surface area contributed by atoms with Crippen molar-refractivity contribution in [3.05, 3.63) is 70.3 Å². The number of aliphatic hydroxyl groups is 1. The summed E-state index contributed by atoms with van der Waals surface area (Å²) in [5.74, 6) is -1.42. The van der Waals surface area contributed by atoms with Crippen LogP contribution in [0.15, 0.2) is 36.4 Å². The molecule has 0 aromatic heterocycles. The van der Waals surface area contributed by atoms with Gasteiger partial charge in [0, 0.05) is 0 Å². The fourth-order valence-corrected chi connectivity index (χ4v) is 2.26. The van der Waals surface area contributed by atoms with Crippen LogP contribution in [0.25, 0.3) is 0 Å². The van der Waals surface area contributed by atoms with Crippen molar-refractivity contribution in [1.82, 2.24) is 0 Å². The van der Waals surface area contributed by atoms with Gasteiger partial charge in [-0.15, -0.1) is 0 Å². The standard InChI is InChI=1S/C18H20F2O/c1-11-5-10-14(19)15(16(11)20)17(21)12-6-8-13(9-7-12)18(2,3)4/h5-10,17,21H,1-4H3. The van der Waals surface area contributed by atoms with Crippen molar-refractivity contribution in [2.24, 2.45) is 0 Å². The van der Waals surface area contributed by atoms with Crippen LogP contribution in [-0.2, 0) is 5.41 Å². The van der Waals surface area contributed by atoms with Crippen molar-refractivity contribution in [2.75, 3.05) is 0 Å². The summed E-state index contributed by atoms with van der Waals surface area (Å²) in [6.45, 7) is 7.79. The first-order valence-corrected chi connectivity index (χ1v) is 6.95. The Labute approximate surface area is 124 Å². The summed E-state index contributed by atoms with van der Waals surface area (Å²) in [5.41, 5.74) is 1.59. The van der Waals surface area contributed by atoms with Gasteiger partial charge in [0.05, 0.1) is 5.56 Å². The van der Waals surface area contributed by atoms with Crippen molar-refractivity contribution < 1.29 is 13.9 Å². The number of halogens is 2. The third kappa shape index (κ3) is 3.13. The minimum Gasteiger partial charge on any atom is -0.383 e. The van der Waals surface area contributed by atoms with Gasteiger partial charge < -0.3 is 5.11 Å². The molecule has 2 aromatic rings. The maximum absolute atomic E-state index is 14.1. The largest absolute Gasteiger partial charge is 0.383 e. The van der Waals surface area contributed by atoms with Crippen LogP contribution in [0.3, 0.4) is 0 Å². The molecule has 112 valence electrons. The molecule has 2 rings (SSSR count). The van der Waals surface area contributed by atoms with E-state index in [2.05, 4.69) is 20.8 Å². The van der Waals surface area contributed by atoms with Gasteiger partial charge >= 0.3 is 0 Å². The Morgan fingerprint density at radius 3 is 2.05 bits per heavy atom. The van der Waals surface area contributed by atoms with Gasteiger partial charge in [-0.1, -0.05) is 51.1 Å². The summed E-state index contributed by atoms with van der Waals surface area (Å²) >= 11 is 0. The van der Waals surface area contributed by atoms with E-state index >= 15 is 0 Å². The minimum atomic E-state index is -1.31. The second-order valence-electron chi connectivity index (χ2n) is 6.37. The highest BCUT2D eigenvalue weighted by Gasteiger charge is 2.22. The summed E-state index contributed by atoms with van der Waals surface area (Å²) in [4.78, 5) is 0. The number of hydrogen-bond donors (Lipinski definition) is 1. The van der Waals surface area contributed by atoms with E-state index in [1.165, 1.54) is 12.1 Å². The normalized spacial score (nSPS) is 13.3. The maximum atomic E-state index is 14.1. The van der Waals surface area contributed by atoms with Crippen LogP contribution in [0, 0.1) is 18.6 Å². The Kier molecular flexibility index (Phi) is 4.15. The Balaban J connectivity index is 2.41. The van der Waals surface area contributed by atoms with Crippen molar-refractivity contribution in [3.63, 3.8) is 0 Å². The van der Waals surface area contributed by atoms with Crippen LogP contribution in [0.1, 0.15) is 49.1 Å². The predicted molar refractivity (Wildman–Crippen MR) is 80.3 cm³/mol. The molecule has 1 atom stereocenters. The third-order valence-corrected chi connectivity index (χ3v) is 3.69. The first-order valence-electron chi connectivity index (χ1n) is 6.95. The fourth-order valence-electron chi connectivity index (χ4n) is 2.26. The van der Waals surface area contributed by atoms with Crippen LogP contribution < -0.4 is 0 Å². The van der Waals surface area contributed by atoms with Gasteiger partial charge in [-0.2, -0.15) is 0 Å². The van der Waals surface area contributed by atoms with Crippen molar-refractivity contribution in [2.45, 2.75) is 39.2 Å². The molecule has 0 amide bonds. The van der Waals surface area contributed by atoms with E-state index < -0.39 is 17.7 Å². The third-order valence-electron chi connectivity index (χ3n) is 3.69. The monoisotopic (exact) mass is 290 g/mol. The van der Waals surface area contributed by atoms with E-state index in [-0.39, 0.29) is 11.0 Å². The lowest BCUT2D eigenvalue weighted by atomic mass is 9.86. The zero-order valence-corrected chi connectivity index (χ0v) is 12.7. The average Bonchev–Trinajstić information content (AvgIpc) is 2.42. The molecule has 0 aliphatic heterocycles. The van der Waals surface area contributed by atoms with Gasteiger partial charge in [-0.3, -0.25) is 0 Å². The van der Waals surface area contributed by atoms with E-state index in [1.807, 2.05) is 12.1 Å². The Morgan fingerprint density at radius 2 is 1.52 bits per heavy atom. The van der Waals surface area contributed by atoms with Crippen LogP contribution in [0.2, 0.25) is 0 Å². The minimum absolute atomic E-state index is 0.0106. The number of aliphatic hydroxyl groups excluding tert-OH is 1. The van der Waals surface area contributed by atoms with Crippen LogP contribution in [0.4, 0.5) is 8.78 Å². The number of benzene rings is 2. The maximum Gasteiger partial charge on any atom is 0.135 e. The lowest BCUT2D eigenvalue weighted by Crippen LogP contribution is -2.12. The van der Waals surface area contributed by atoms with Crippen LogP contribution >= 0.6 is 0 Å². The summed E-state index contributed by atoms with van der Waals surface area (Å²) < 4.78 is 27.9. The highest BCUT2D eigenvalue weighted by molar-refractivity contribution is 5.37. The molecular weight excluding hydrogens is 270 g/mol. The molecule has 0 saturated carbocycles. The van der Waals surface area contributed by atoms with E-state index in [0.29, 0.717) is 11.1 Å². The molecule has 0 aliphatic rings. The highest BCUT2D eigenvalue weighted by atomic mass is 19.1. The topological polar surface area (TPSA) is 20.2 Å². The Morgan fingerprint density at radius 1 is 0.952 bits per heavy atom. The van der Waals surface area contributed by atoms with E-state index in [0.717, 1.165) is 5.56 Å². The fraction of sp³-hybridized carbons (Fsp3) is 0.333. The lowest BCUT2D eigenvalue weighted by Gasteiger charge is -2.20. The smallest absolute Gasteiger partial charge is 0.135 e. The van der Waals surface area contributed by atoms with Gasteiger partial charge in [-0.25, -0.2) is 8.78 Å². The second-order valence-corrected chi connectivity index (χ2v) is 6.37. The van der Waals surface area contributed by atoms with E-state index in [9.17, 15) is 13.9 Å². The summed E-state index contributed by atoms with van der Waals surface area (Å²) in [7, 11) is 0. The molecule has 0 bridgehead atoms. The zero-order valence-electron chi connectivity index (χ0n) is 12.7. The summed E-state index contributed by atoms with van der Waals surface area (Å²) in [6.07, 6.45) is -1.31. The molecule has 2 aromatic carbocycles. The molecule has 0 spiro atoms. The molecule has 0 saturated heterocycles. The van der Waals surface area contributed by atoms with Gasteiger partial charge in [0.1, 0.15) is 17.7 Å².